The Morgan fingerprint density at radius 1 is 1.35 bits per heavy atom. The lowest BCUT2D eigenvalue weighted by Gasteiger charge is -2.05. The van der Waals surface area contributed by atoms with Crippen LogP contribution in [0, 0.1) is 10.9 Å². The fourth-order valence-electron chi connectivity index (χ4n) is 1.26. The molecular weight excluding hydrogens is 218 g/mol. The predicted octanol–water partition coefficient (Wildman–Crippen LogP) is 2.60. The molecule has 0 bridgehead atoms. The van der Waals surface area contributed by atoms with E-state index >= 15 is 0 Å². The quantitative estimate of drug-likeness (QED) is 0.449. The van der Waals surface area contributed by atoms with Gasteiger partial charge in [0.25, 0.3) is 0 Å². The standard InChI is InChI=1S/C12H15N3O2/c1-9(16)2-3-10-4-6-11(7-5-10)17-8-12(13)15-14/h4-7,13-14H,2-3,8H2,1H3. The van der Waals surface area contributed by atoms with Crippen LogP contribution in [0.3, 0.4) is 0 Å². The largest absolute Gasteiger partial charge is 0.486 e. The van der Waals surface area contributed by atoms with Crippen LogP contribution in [0.25, 0.3) is 0 Å². The second-order valence-electron chi connectivity index (χ2n) is 3.69. The van der Waals surface area contributed by atoms with Crippen LogP contribution in [0.2, 0.25) is 0 Å². The Morgan fingerprint density at radius 2 is 2.00 bits per heavy atom. The molecule has 2 N–H and O–H groups in total. The first-order valence-corrected chi connectivity index (χ1v) is 5.28. The van der Waals surface area contributed by atoms with E-state index < -0.39 is 0 Å². The average molecular weight is 233 g/mol. The van der Waals surface area contributed by atoms with Gasteiger partial charge in [0.1, 0.15) is 18.1 Å². The summed E-state index contributed by atoms with van der Waals surface area (Å²) < 4.78 is 5.23. The van der Waals surface area contributed by atoms with Crippen LogP contribution in [0.1, 0.15) is 18.9 Å². The summed E-state index contributed by atoms with van der Waals surface area (Å²) in [6.45, 7) is 1.57. The first-order valence-electron chi connectivity index (χ1n) is 5.28. The Kier molecular flexibility index (Phi) is 5.00. The van der Waals surface area contributed by atoms with Gasteiger partial charge in [-0.15, -0.1) is 5.11 Å². The lowest BCUT2D eigenvalue weighted by molar-refractivity contribution is -0.116. The van der Waals surface area contributed by atoms with Crippen molar-refractivity contribution in [2.45, 2.75) is 19.8 Å². The summed E-state index contributed by atoms with van der Waals surface area (Å²) in [5.41, 5.74) is 7.67. The van der Waals surface area contributed by atoms with Crippen LogP contribution in [0.15, 0.2) is 29.4 Å². The maximum atomic E-state index is 10.8. The third-order valence-electron chi connectivity index (χ3n) is 2.20. The lowest BCUT2D eigenvalue weighted by atomic mass is 10.1. The molecule has 1 aromatic rings. The highest BCUT2D eigenvalue weighted by Crippen LogP contribution is 2.13. The fourth-order valence-corrected chi connectivity index (χ4v) is 1.26. The summed E-state index contributed by atoms with van der Waals surface area (Å²) in [5.74, 6) is 0.687. The summed E-state index contributed by atoms with van der Waals surface area (Å²) in [4.78, 5) is 10.8. The molecule has 0 heterocycles. The van der Waals surface area contributed by atoms with E-state index in [1.165, 1.54) is 0 Å². The molecular formula is C12H15N3O2. The van der Waals surface area contributed by atoms with E-state index in [-0.39, 0.29) is 18.2 Å². The third kappa shape index (κ3) is 5.01. The van der Waals surface area contributed by atoms with Crippen LogP contribution in [0.5, 0.6) is 5.75 Å². The summed E-state index contributed by atoms with van der Waals surface area (Å²) in [5, 5.41) is 10.1. The number of benzene rings is 1. The van der Waals surface area contributed by atoms with E-state index in [1.807, 2.05) is 12.1 Å². The summed E-state index contributed by atoms with van der Waals surface area (Å²) in [6, 6.07) is 7.35. The topological polar surface area (TPSA) is 86.4 Å². The van der Waals surface area contributed by atoms with Gasteiger partial charge < -0.3 is 9.53 Å². The van der Waals surface area contributed by atoms with Crippen LogP contribution < -0.4 is 4.74 Å². The molecule has 90 valence electrons. The van der Waals surface area contributed by atoms with Gasteiger partial charge in [-0.05, 0) is 31.0 Å². The van der Waals surface area contributed by atoms with Crippen molar-refractivity contribution < 1.29 is 9.53 Å². The molecule has 5 heteroatoms. The fraction of sp³-hybridized carbons (Fsp3) is 0.333. The number of hydrogen-bond acceptors (Lipinski definition) is 4. The highest BCUT2D eigenvalue weighted by molar-refractivity contribution is 5.80. The lowest BCUT2D eigenvalue weighted by Crippen LogP contribution is -2.06. The predicted molar refractivity (Wildman–Crippen MR) is 63.8 cm³/mol. The number of amidine groups is 1. The molecule has 0 spiro atoms. The van der Waals surface area contributed by atoms with Crippen molar-refractivity contribution in [3.05, 3.63) is 29.8 Å². The van der Waals surface area contributed by atoms with Gasteiger partial charge in [-0.3, -0.25) is 5.41 Å². The van der Waals surface area contributed by atoms with Crippen LogP contribution in [-0.4, -0.2) is 18.2 Å². The normalized spacial score (nSPS) is 9.71. The molecule has 0 amide bonds. The zero-order valence-electron chi connectivity index (χ0n) is 9.69. The Labute approximate surface area is 99.8 Å². The minimum Gasteiger partial charge on any atom is -0.486 e. The van der Waals surface area contributed by atoms with Gasteiger partial charge in [0.2, 0.25) is 0 Å². The Bertz CT molecular complexity index is 412. The van der Waals surface area contributed by atoms with E-state index in [0.29, 0.717) is 12.2 Å². The minimum atomic E-state index is -0.120. The first kappa shape index (κ1) is 13.0. The van der Waals surface area contributed by atoms with Gasteiger partial charge in [-0.2, -0.15) is 0 Å². The second kappa shape index (κ2) is 6.52. The monoisotopic (exact) mass is 233 g/mol. The number of ether oxygens (including phenoxy) is 1. The van der Waals surface area contributed by atoms with Gasteiger partial charge in [0.15, 0.2) is 5.84 Å². The molecule has 5 nitrogen and oxygen atoms in total. The Hall–Kier alpha value is -2.04. The molecule has 0 aliphatic rings. The highest BCUT2D eigenvalue weighted by atomic mass is 16.5. The SMILES string of the molecule is CC(=O)CCc1ccc(OCC(=N)N=N)cc1. The van der Waals surface area contributed by atoms with E-state index in [4.69, 9.17) is 15.7 Å². The van der Waals surface area contributed by atoms with Gasteiger partial charge >= 0.3 is 0 Å². The van der Waals surface area contributed by atoms with Crippen molar-refractivity contribution in [2.24, 2.45) is 5.11 Å². The minimum absolute atomic E-state index is 0.00368. The summed E-state index contributed by atoms with van der Waals surface area (Å²) in [7, 11) is 0. The number of nitrogens with one attached hydrogen (secondary N) is 2. The number of nitrogens with zero attached hydrogens (tertiary/aromatic N) is 1. The number of aryl methyl sites for hydroxylation is 1. The van der Waals surface area contributed by atoms with Crippen molar-refractivity contribution in [1.82, 2.24) is 0 Å². The van der Waals surface area contributed by atoms with Crippen molar-refractivity contribution >= 4 is 11.6 Å². The second-order valence-corrected chi connectivity index (χ2v) is 3.69. The Morgan fingerprint density at radius 3 is 2.53 bits per heavy atom. The molecule has 0 fully saturated rings. The number of ketones is 1. The van der Waals surface area contributed by atoms with Crippen LogP contribution >= 0.6 is 0 Å². The van der Waals surface area contributed by atoms with E-state index in [2.05, 4.69) is 5.11 Å². The maximum Gasteiger partial charge on any atom is 0.180 e. The third-order valence-corrected chi connectivity index (χ3v) is 2.20. The number of hydrogen-bond donors (Lipinski definition) is 2. The van der Waals surface area contributed by atoms with Crippen LogP contribution in [0.4, 0.5) is 0 Å². The van der Waals surface area contributed by atoms with Crippen molar-refractivity contribution in [2.75, 3.05) is 6.61 Å². The molecule has 0 atom stereocenters. The molecule has 0 radical (unpaired) electrons. The zero-order chi connectivity index (χ0) is 12.7. The zero-order valence-corrected chi connectivity index (χ0v) is 9.69. The van der Waals surface area contributed by atoms with Gasteiger partial charge in [-0.25, -0.2) is 5.53 Å². The van der Waals surface area contributed by atoms with E-state index in [1.54, 1.807) is 19.1 Å². The number of carbonyl (C=O) groups excluding carboxylic acids is 1. The average Bonchev–Trinajstić information content (AvgIpc) is 2.34. The molecule has 0 aromatic heterocycles. The van der Waals surface area contributed by atoms with Crippen LogP contribution in [-0.2, 0) is 11.2 Å². The van der Waals surface area contributed by atoms with Crippen molar-refractivity contribution in [1.29, 1.82) is 10.9 Å². The molecule has 1 aromatic carbocycles. The van der Waals surface area contributed by atoms with E-state index in [9.17, 15) is 4.79 Å². The molecule has 0 aliphatic heterocycles. The molecule has 0 aliphatic carbocycles. The van der Waals surface area contributed by atoms with Crippen molar-refractivity contribution in [3.8, 4) is 5.75 Å². The van der Waals surface area contributed by atoms with Gasteiger partial charge in [0, 0.05) is 6.42 Å². The Balaban J connectivity index is 2.47. The molecule has 0 unspecified atom stereocenters. The van der Waals surface area contributed by atoms with Crippen molar-refractivity contribution in [3.63, 3.8) is 0 Å². The molecule has 0 saturated carbocycles. The molecule has 17 heavy (non-hydrogen) atoms. The highest BCUT2D eigenvalue weighted by Gasteiger charge is 1.99. The number of carbonyl (C=O) groups is 1. The summed E-state index contributed by atoms with van der Waals surface area (Å²) >= 11 is 0. The molecule has 1 rings (SSSR count). The number of Topliss-reactive ketones (excluding diaryl/α,β-unsaturated/α-hetero) is 1. The van der Waals surface area contributed by atoms with E-state index in [0.717, 1.165) is 12.0 Å². The van der Waals surface area contributed by atoms with Gasteiger partial charge in [-0.1, -0.05) is 12.1 Å². The van der Waals surface area contributed by atoms with Gasteiger partial charge in [0.05, 0.1) is 0 Å². The molecule has 0 saturated heterocycles. The number of rotatable bonds is 6. The summed E-state index contributed by atoms with van der Waals surface area (Å²) in [6.07, 6.45) is 1.27. The maximum absolute atomic E-state index is 10.8. The smallest absolute Gasteiger partial charge is 0.180 e. The first-order chi connectivity index (χ1) is 8.11.